The van der Waals surface area contributed by atoms with E-state index in [9.17, 15) is 0 Å². The van der Waals surface area contributed by atoms with Gasteiger partial charge in [0.25, 0.3) is 0 Å². The van der Waals surface area contributed by atoms with Crippen LogP contribution in [0.25, 0.3) is 0 Å². The van der Waals surface area contributed by atoms with Crippen molar-refractivity contribution in [3.05, 3.63) is 57.6 Å². The summed E-state index contributed by atoms with van der Waals surface area (Å²) in [6, 6.07) is 12.2. The summed E-state index contributed by atoms with van der Waals surface area (Å²) < 4.78 is 17.6. The lowest BCUT2D eigenvalue weighted by Gasteiger charge is -2.15. The maximum Gasteiger partial charge on any atom is 0.162 e. The minimum absolute atomic E-state index is 0.0484. The van der Waals surface area contributed by atoms with E-state index in [1.807, 2.05) is 24.3 Å². The normalized spacial score (nSPS) is 10.8. The maximum atomic E-state index is 8.67. The molecule has 142 valence electrons. The zero-order valence-electron chi connectivity index (χ0n) is 15.3. The quantitative estimate of drug-likeness (QED) is 0.542. The highest BCUT2D eigenvalue weighted by Crippen LogP contribution is 2.34. The number of benzene rings is 2. The zero-order valence-corrected chi connectivity index (χ0v) is 16.8. The summed E-state index contributed by atoms with van der Waals surface area (Å²) in [5.74, 6) is 1.41. The minimum Gasteiger partial charge on any atom is -0.493 e. The third-order valence-corrected chi connectivity index (χ3v) is 4.52. The van der Waals surface area contributed by atoms with Crippen LogP contribution in [0.5, 0.6) is 11.5 Å². The van der Waals surface area contributed by atoms with Crippen LogP contribution in [0.1, 0.15) is 16.7 Å². The van der Waals surface area contributed by atoms with Crippen molar-refractivity contribution in [2.24, 2.45) is 0 Å². The van der Waals surface area contributed by atoms with Gasteiger partial charge >= 0.3 is 0 Å². The van der Waals surface area contributed by atoms with E-state index in [2.05, 4.69) is 40.3 Å². The fraction of sp³-hybridized carbons (Fsp3) is 0.400. The number of hydrogen-bond acceptors (Lipinski definition) is 5. The molecule has 0 bridgehead atoms. The van der Waals surface area contributed by atoms with Crippen LogP contribution in [0.2, 0.25) is 0 Å². The Labute approximate surface area is 163 Å². The molecular formula is C20H26BrNO4. The van der Waals surface area contributed by atoms with Crippen molar-refractivity contribution in [3.63, 3.8) is 0 Å². The molecule has 0 amide bonds. The van der Waals surface area contributed by atoms with Crippen LogP contribution >= 0.6 is 15.9 Å². The van der Waals surface area contributed by atoms with Gasteiger partial charge in [-0.3, -0.25) is 0 Å². The van der Waals surface area contributed by atoms with Gasteiger partial charge in [0.05, 0.1) is 26.9 Å². The molecule has 0 aromatic heterocycles. The Morgan fingerprint density at radius 3 is 2.69 bits per heavy atom. The second-order valence-corrected chi connectivity index (χ2v) is 6.74. The highest BCUT2D eigenvalue weighted by atomic mass is 79.9. The summed E-state index contributed by atoms with van der Waals surface area (Å²) in [6.45, 7) is 4.92. The first kappa shape index (κ1) is 20.7. The minimum atomic E-state index is 0.0484. The molecule has 0 atom stereocenters. The number of nitrogens with one attached hydrogen (secondary N) is 1. The van der Waals surface area contributed by atoms with E-state index in [1.54, 1.807) is 7.11 Å². The average Bonchev–Trinajstić information content (AvgIpc) is 2.64. The van der Waals surface area contributed by atoms with E-state index in [0.29, 0.717) is 44.4 Å². The van der Waals surface area contributed by atoms with Gasteiger partial charge in [-0.2, -0.15) is 0 Å². The molecule has 2 aromatic rings. The van der Waals surface area contributed by atoms with E-state index in [-0.39, 0.29) is 6.61 Å². The first-order chi connectivity index (χ1) is 12.6. The SMILES string of the molecule is COc1cc(CNCCOCCO)c(Br)cc1OCc1cccc(C)c1. The van der Waals surface area contributed by atoms with E-state index in [1.165, 1.54) is 5.56 Å². The number of aliphatic hydroxyl groups excluding tert-OH is 1. The Bertz CT molecular complexity index is 694. The van der Waals surface area contributed by atoms with Crippen LogP contribution in [0.4, 0.5) is 0 Å². The summed E-state index contributed by atoms with van der Waals surface area (Å²) >= 11 is 3.60. The topological polar surface area (TPSA) is 60.0 Å². The second kappa shape index (κ2) is 11.2. The molecular weight excluding hydrogens is 398 g/mol. The van der Waals surface area contributed by atoms with Gasteiger partial charge in [0.1, 0.15) is 6.61 Å². The smallest absolute Gasteiger partial charge is 0.162 e. The summed E-state index contributed by atoms with van der Waals surface area (Å²) in [7, 11) is 1.64. The average molecular weight is 424 g/mol. The summed E-state index contributed by atoms with van der Waals surface area (Å²) in [5.41, 5.74) is 3.41. The first-order valence-corrected chi connectivity index (χ1v) is 9.37. The summed E-state index contributed by atoms with van der Waals surface area (Å²) in [5, 5.41) is 12.0. The number of aliphatic hydroxyl groups is 1. The molecule has 0 aliphatic rings. The highest BCUT2D eigenvalue weighted by molar-refractivity contribution is 9.10. The van der Waals surface area contributed by atoms with Gasteiger partial charge in [0.2, 0.25) is 0 Å². The molecule has 2 aromatic carbocycles. The summed E-state index contributed by atoms with van der Waals surface area (Å²) in [4.78, 5) is 0. The van der Waals surface area contributed by atoms with Crippen molar-refractivity contribution in [1.82, 2.24) is 5.32 Å². The Kier molecular flexibility index (Phi) is 8.91. The van der Waals surface area contributed by atoms with Gasteiger partial charge in [-0.25, -0.2) is 0 Å². The summed E-state index contributed by atoms with van der Waals surface area (Å²) in [6.07, 6.45) is 0. The van der Waals surface area contributed by atoms with E-state index in [4.69, 9.17) is 19.3 Å². The number of aryl methyl sites for hydroxylation is 1. The predicted octanol–water partition coefficient (Wildman–Crippen LogP) is 3.44. The van der Waals surface area contributed by atoms with E-state index < -0.39 is 0 Å². The largest absolute Gasteiger partial charge is 0.493 e. The van der Waals surface area contributed by atoms with Crippen molar-refractivity contribution < 1.29 is 19.3 Å². The van der Waals surface area contributed by atoms with Gasteiger partial charge in [-0.15, -0.1) is 0 Å². The Morgan fingerprint density at radius 1 is 1.12 bits per heavy atom. The molecule has 5 nitrogen and oxygen atoms in total. The molecule has 6 heteroatoms. The van der Waals surface area contributed by atoms with E-state index in [0.717, 1.165) is 15.6 Å². The van der Waals surface area contributed by atoms with Crippen molar-refractivity contribution in [2.75, 3.05) is 33.5 Å². The van der Waals surface area contributed by atoms with Crippen molar-refractivity contribution in [2.45, 2.75) is 20.1 Å². The number of halogens is 1. The fourth-order valence-electron chi connectivity index (χ4n) is 2.48. The van der Waals surface area contributed by atoms with Crippen molar-refractivity contribution in [3.8, 4) is 11.5 Å². The Balaban J connectivity index is 1.95. The van der Waals surface area contributed by atoms with Crippen molar-refractivity contribution >= 4 is 15.9 Å². The molecule has 0 fully saturated rings. The highest BCUT2D eigenvalue weighted by Gasteiger charge is 2.10. The number of methoxy groups -OCH3 is 1. The number of hydrogen-bond donors (Lipinski definition) is 2. The predicted molar refractivity (Wildman–Crippen MR) is 106 cm³/mol. The Hall–Kier alpha value is -1.60. The molecule has 2 rings (SSSR count). The van der Waals surface area contributed by atoms with Crippen LogP contribution in [-0.2, 0) is 17.9 Å². The molecule has 0 radical (unpaired) electrons. The lowest BCUT2D eigenvalue weighted by Crippen LogP contribution is -2.20. The second-order valence-electron chi connectivity index (χ2n) is 5.88. The lowest BCUT2D eigenvalue weighted by molar-refractivity contribution is 0.0938. The molecule has 0 aliphatic heterocycles. The zero-order chi connectivity index (χ0) is 18.8. The number of ether oxygens (including phenoxy) is 3. The van der Waals surface area contributed by atoms with Crippen LogP contribution in [0, 0.1) is 6.92 Å². The molecule has 0 heterocycles. The van der Waals surface area contributed by atoms with Gasteiger partial charge in [-0.1, -0.05) is 45.8 Å². The molecule has 0 unspecified atom stereocenters. The van der Waals surface area contributed by atoms with Gasteiger partial charge in [0.15, 0.2) is 11.5 Å². The van der Waals surface area contributed by atoms with Crippen molar-refractivity contribution in [1.29, 1.82) is 0 Å². The van der Waals surface area contributed by atoms with Crippen LogP contribution < -0.4 is 14.8 Å². The van der Waals surface area contributed by atoms with Crippen LogP contribution in [0.3, 0.4) is 0 Å². The van der Waals surface area contributed by atoms with Gasteiger partial charge in [0, 0.05) is 17.6 Å². The van der Waals surface area contributed by atoms with E-state index >= 15 is 0 Å². The molecule has 0 saturated heterocycles. The number of rotatable bonds is 11. The first-order valence-electron chi connectivity index (χ1n) is 8.58. The van der Waals surface area contributed by atoms with Gasteiger partial charge < -0.3 is 24.6 Å². The molecule has 26 heavy (non-hydrogen) atoms. The van der Waals surface area contributed by atoms with Crippen LogP contribution in [0.15, 0.2) is 40.9 Å². The third kappa shape index (κ3) is 6.61. The molecule has 0 aliphatic carbocycles. The molecule has 2 N–H and O–H groups in total. The fourth-order valence-corrected chi connectivity index (χ4v) is 2.94. The standard InChI is InChI=1S/C20H26BrNO4/c1-15-4-3-5-16(10-15)14-26-20-12-18(21)17(11-19(20)24-2)13-22-6-8-25-9-7-23/h3-5,10-12,22-23H,6-9,13-14H2,1-2H3. The van der Waals surface area contributed by atoms with Crippen LogP contribution in [-0.4, -0.2) is 38.6 Å². The van der Waals surface area contributed by atoms with Gasteiger partial charge in [-0.05, 0) is 30.2 Å². The maximum absolute atomic E-state index is 8.67. The lowest BCUT2D eigenvalue weighted by atomic mass is 10.1. The molecule has 0 saturated carbocycles. The Morgan fingerprint density at radius 2 is 1.96 bits per heavy atom. The molecule has 0 spiro atoms. The third-order valence-electron chi connectivity index (χ3n) is 3.78. The monoisotopic (exact) mass is 423 g/mol.